The van der Waals surface area contributed by atoms with Crippen molar-refractivity contribution in [2.75, 3.05) is 6.54 Å². The zero-order chi connectivity index (χ0) is 14.4. The molecule has 110 valence electrons. The second-order valence-corrected chi connectivity index (χ2v) is 5.30. The van der Waals surface area contributed by atoms with Crippen molar-refractivity contribution in [2.24, 2.45) is 11.8 Å². The Morgan fingerprint density at radius 2 is 1.95 bits per heavy atom. The molecular formula is C14H21N3O3. The third-order valence-corrected chi connectivity index (χ3v) is 3.87. The third-order valence-electron chi connectivity index (χ3n) is 3.87. The van der Waals surface area contributed by atoms with E-state index in [9.17, 15) is 9.59 Å². The van der Waals surface area contributed by atoms with Crippen molar-refractivity contribution in [3.63, 3.8) is 0 Å². The summed E-state index contributed by atoms with van der Waals surface area (Å²) in [6.07, 6.45) is 7.07. The monoisotopic (exact) mass is 279 g/mol. The number of carboxylic acids is 1. The SMILES string of the molecule is O=C(O)C1CCC(C(=O)NCCCn2cccn2)CC1. The van der Waals surface area contributed by atoms with Crippen LogP contribution in [-0.4, -0.2) is 33.3 Å². The molecular weight excluding hydrogens is 258 g/mol. The number of carbonyl (C=O) groups is 2. The summed E-state index contributed by atoms with van der Waals surface area (Å²) in [7, 11) is 0. The molecule has 1 aromatic rings. The lowest BCUT2D eigenvalue weighted by molar-refractivity contribution is -0.144. The van der Waals surface area contributed by atoms with E-state index in [0.717, 1.165) is 13.0 Å². The Balaban J connectivity index is 1.62. The molecule has 2 rings (SSSR count). The van der Waals surface area contributed by atoms with Crippen LogP contribution in [-0.2, 0) is 16.1 Å². The predicted octanol–water partition coefficient (Wildman–Crippen LogP) is 1.28. The number of aliphatic carboxylic acids is 1. The minimum Gasteiger partial charge on any atom is -0.481 e. The highest BCUT2D eigenvalue weighted by atomic mass is 16.4. The van der Waals surface area contributed by atoms with Crippen molar-refractivity contribution in [3.05, 3.63) is 18.5 Å². The molecule has 0 spiro atoms. The van der Waals surface area contributed by atoms with Crippen LogP contribution in [0.5, 0.6) is 0 Å². The van der Waals surface area contributed by atoms with Crippen molar-refractivity contribution >= 4 is 11.9 Å². The van der Waals surface area contributed by atoms with E-state index in [-0.39, 0.29) is 17.7 Å². The average Bonchev–Trinajstić information content (AvgIpc) is 2.96. The molecule has 0 atom stereocenters. The van der Waals surface area contributed by atoms with Gasteiger partial charge < -0.3 is 10.4 Å². The summed E-state index contributed by atoms with van der Waals surface area (Å²) in [6, 6.07) is 1.87. The number of hydrogen-bond acceptors (Lipinski definition) is 3. The minimum atomic E-state index is -0.733. The maximum Gasteiger partial charge on any atom is 0.306 e. The van der Waals surface area contributed by atoms with Gasteiger partial charge in [-0.05, 0) is 38.2 Å². The lowest BCUT2D eigenvalue weighted by Crippen LogP contribution is -2.35. The van der Waals surface area contributed by atoms with Gasteiger partial charge in [-0.2, -0.15) is 5.10 Å². The molecule has 2 N–H and O–H groups in total. The molecule has 20 heavy (non-hydrogen) atoms. The number of nitrogens with zero attached hydrogens (tertiary/aromatic N) is 2. The van der Waals surface area contributed by atoms with E-state index in [4.69, 9.17) is 5.11 Å². The first-order valence-corrected chi connectivity index (χ1v) is 7.15. The van der Waals surface area contributed by atoms with Gasteiger partial charge in [0.05, 0.1) is 5.92 Å². The maximum absolute atomic E-state index is 12.0. The standard InChI is InChI=1S/C14H21N3O3/c18-13(11-3-5-12(6-4-11)14(19)20)15-7-1-9-17-10-2-8-16-17/h2,8,10-12H,1,3-7,9H2,(H,15,18)(H,19,20). The van der Waals surface area contributed by atoms with E-state index in [0.29, 0.717) is 32.2 Å². The van der Waals surface area contributed by atoms with E-state index >= 15 is 0 Å². The smallest absolute Gasteiger partial charge is 0.306 e. The number of hydrogen-bond donors (Lipinski definition) is 2. The van der Waals surface area contributed by atoms with Gasteiger partial charge in [0.15, 0.2) is 0 Å². The molecule has 1 saturated carbocycles. The van der Waals surface area contributed by atoms with Gasteiger partial charge in [-0.3, -0.25) is 14.3 Å². The number of carboxylic acid groups (broad SMARTS) is 1. The number of aryl methyl sites for hydroxylation is 1. The van der Waals surface area contributed by atoms with Crippen molar-refractivity contribution in [3.8, 4) is 0 Å². The fraction of sp³-hybridized carbons (Fsp3) is 0.643. The van der Waals surface area contributed by atoms with E-state index < -0.39 is 5.97 Å². The summed E-state index contributed by atoms with van der Waals surface area (Å²) in [5.74, 6) is -0.952. The molecule has 1 aromatic heterocycles. The van der Waals surface area contributed by atoms with Crippen LogP contribution in [0.3, 0.4) is 0 Å². The van der Waals surface area contributed by atoms with Gasteiger partial charge in [0.2, 0.25) is 5.91 Å². The molecule has 6 heteroatoms. The van der Waals surface area contributed by atoms with Gasteiger partial charge in [-0.1, -0.05) is 0 Å². The number of amides is 1. The molecule has 0 aromatic carbocycles. The quantitative estimate of drug-likeness (QED) is 0.768. The number of nitrogens with one attached hydrogen (secondary N) is 1. The number of rotatable bonds is 6. The fourth-order valence-corrected chi connectivity index (χ4v) is 2.63. The van der Waals surface area contributed by atoms with E-state index in [1.165, 1.54) is 0 Å². The van der Waals surface area contributed by atoms with Crippen LogP contribution in [0.25, 0.3) is 0 Å². The predicted molar refractivity (Wildman–Crippen MR) is 72.9 cm³/mol. The van der Waals surface area contributed by atoms with E-state index in [1.807, 2.05) is 16.9 Å². The lowest BCUT2D eigenvalue weighted by Gasteiger charge is -2.25. The summed E-state index contributed by atoms with van der Waals surface area (Å²) < 4.78 is 1.84. The zero-order valence-corrected chi connectivity index (χ0v) is 11.5. The van der Waals surface area contributed by atoms with Crippen molar-refractivity contribution in [1.82, 2.24) is 15.1 Å². The van der Waals surface area contributed by atoms with Gasteiger partial charge >= 0.3 is 5.97 Å². The summed E-state index contributed by atoms with van der Waals surface area (Å²) in [5, 5.41) is 15.9. The molecule has 0 aliphatic heterocycles. The molecule has 1 heterocycles. The van der Waals surface area contributed by atoms with Crippen LogP contribution < -0.4 is 5.32 Å². The van der Waals surface area contributed by atoms with E-state index in [2.05, 4.69) is 10.4 Å². The first-order chi connectivity index (χ1) is 9.66. The molecule has 0 saturated heterocycles. The Kier molecular flexibility index (Phi) is 5.15. The summed E-state index contributed by atoms with van der Waals surface area (Å²) in [5.41, 5.74) is 0. The number of carbonyl (C=O) groups excluding carboxylic acids is 1. The molecule has 0 bridgehead atoms. The van der Waals surface area contributed by atoms with Crippen LogP contribution >= 0.6 is 0 Å². The second kappa shape index (κ2) is 7.07. The van der Waals surface area contributed by atoms with Crippen molar-refractivity contribution in [1.29, 1.82) is 0 Å². The van der Waals surface area contributed by atoms with Crippen molar-refractivity contribution in [2.45, 2.75) is 38.6 Å². The highest BCUT2D eigenvalue weighted by Crippen LogP contribution is 2.28. The molecule has 0 radical (unpaired) electrons. The fourth-order valence-electron chi connectivity index (χ4n) is 2.63. The first-order valence-electron chi connectivity index (χ1n) is 7.15. The van der Waals surface area contributed by atoms with Gasteiger partial charge in [0, 0.05) is 31.4 Å². The average molecular weight is 279 g/mol. The Morgan fingerprint density at radius 1 is 1.25 bits per heavy atom. The zero-order valence-electron chi connectivity index (χ0n) is 11.5. The Morgan fingerprint density at radius 3 is 2.55 bits per heavy atom. The first kappa shape index (κ1) is 14.6. The van der Waals surface area contributed by atoms with Crippen LogP contribution in [0.1, 0.15) is 32.1 Å². The van der Waals surface area contributed by atoms with Crippen LogP contribution in [0.4, 0.5) is 0 Å². The van der Waals surface area contributed by atoms with E-state index in [1.54, 1.807) is 6.20 Å². The van der Waals surface area contributed by atoms with Crippen LogP contribution in [0.15, 0.2) is 18.5 Å². The van der Waals surface area contributed by atoms with Gasteiger partial charge in [0.1, 0.15) is 0 Å². The Bertz CT molecular complexity index is 437. The maximum atomic E-state index is 12.0. The Labute approximate surface area is 118 Å². The summed E-state index contributed by atoms with van der Waals surface area (Å²) in [4.78, 5) is 22.8. The van der Waals surface area contributed by atoms with Crippen LogP contribution in [0.2, 0.25) is 0 Å². The van der Waals surface area contributed by atoms with Gasteiger partial charge in [0.25, 0.3) is 0 Å². The van der Waals surface area contributed by atoms with Gasteiger partial charge in [-0.15, -0.1) is 0 Å². The summed E-state index contributed by atoms with van der Waals surface area (Å²) >= 11 is 0. The molecule has 1 amide bonds. The van der Waals surface area contributed by atoms with Crippen LogP contribution in [0, 0.1) is 11.8 Å². The second-order valence-electron chi connectivity index (χ2n) is 5.30. The number of aromatic nitrogens is 2. The highest BCUT2D eigenvalue weighted by molar-refractivity contribution is 5.79. The largest absolute Gasteiger partial charge is 0.481 e. The molecule has 0 unspecified atom stereocenters. The summed E-state index contributed by atoms with van der Waals surface area (Å²) in [6.45, 7) is 1.43. The topological polar surface area (TPSA) is 84.2 Å². The molecule has 1 aliphatic rings. The molecule has 1 fully saturated rings. The third kappa shape index (κ3) is 4.08. The highest BCUT2D eigenvalue weighted by Gasteiger charge is 2.29. The van der Waals surface area contributed by atoms with Crippen molar-refractivity contribution < 1.29 is 14.7 Å². The lowest BCUT2D eigenvalue weighted by atomic mass is 9.81. The van der Waals surface area contributed by atoms with Gasteiger partial charge in [-0.25, -0.2) is 0 Å². The normalized spacial score (nSPS) is 22.4. The minimum absolute atomic E-state index is 0.0182. The molecule has 6 nitrogen and oxygen atoms in total. The Hall–Kier alpha value is -1.85. The molecule has 1 aliphatic carbocycles.